The molecule has 0 bridgehead atoms. The number of nitrogens with one attached hydrogen (secondary N) is 2. The monoisotopic (exact) mass is 403 g/mol. The zero-order chi connectivity index (χ0) is 20.8. The highest BCUT2D eigenvalue weighted by Crippen LogP contribution is 2.19. The Balaban J connectivity index is 1.41. The first-order valence-electron chi connectivity index (χ1n) is 10.2. The molecule has 3 aromatic carbocycles. The molecule has 0 unspecified atom stereocenters. The van der Waals surface area contributed by atoms with Gasteiger partial charge >= 0.3 is 0 Å². The van der Waals surface area contributed by atoms with Crippen LogP contribution >= 0.6 is 0 Å². The predicted molar refractivity (Wildman–Crippen MR) is 118 cm³/mol. The molecule has 1 saturated heterocycles. The number of amides is 2. The molecule has 0 radical (unpaired) electrons. The summed E-state index contributed by atoms with van der Waals surface area (Å²) in [7, 11) is 0. The summed E-state index contributed by atoms with van der Waals surface area (Å²) in [5.74, 6) is -0.438. The van der Waals surface area contributed by atoms with Crippen LogP contribution in [0.2, 0.25) is 0 Å². The molecule has 1 aliphatic heterocycles. The zero-order valence-corrected chi connectivity index (χ0v) is 16.8. The lowest BCUT2D eigenvalue weighted by Gasteiger charge is -2.26. The Kier molecular flexibility index (Phi) is 6.37. The van der Waals surface area contributed by atoms with Crippen molar-refractivity contribution >= 4 is 28.3 Å². The maximum absolute atomic E-state index is 12.8. The summed E-state index contributed by atoms with van der Waals surface area (Å²) in [6.07, 6.45) is 0. The van der Waals surface area contributed by atoms with Crippen molar-refractivity contribution in [1.82, 2.24) is 10.2 Å². The fraction of sp³-hybridized carbons (Fsp3) is 0.250. The molecule has 4 rings (SSSR count). The van der Waals surface area contributed by atoms with Gasteiger partial charge in [0.05, 0.1) is 24.5 Å². The number of morpholine rings is 1. The first kappa shape index (κ1) is 20.1. The number of anilines is 1. The maximum Gasteiger partial charge on any atom is 0.255 e. The van der Waals surface area contributed by atoms with Crippen LogP contribution in [0.15, 0.2) is 66.7 Å². The van der Waals surface area contributed by atoms with Gasteiger partial charge in [-0.1, -0.05) is 42.5 Å². The van der Waals surface area contributed by atoms with Gasteiger partial charge in [-0.2, -0.15) is 0 Å². The van der Waals surface area contributed by atoms with E-state index in [1.54, 1.807) is 30.3 Å². The maximum atomic E-state index is 12.8. The summed E-state index contributed by atoms with van der Waals surface area (Å²) in [4.78, 5) is 27.7. The Bertz CT molecular complexity index is 1040. The summed E-state index contributed by atoms with van der Waals surface area (Å²) in [6, 6.07) is 20.5. The summed E-state index contributed by atoms with van der Waals surface area (Å²) >= 11 is 0. The zero-order valence-electron chi connectivity index (χ0n) is 16.8. The summed E-state index contributed by atoms with van der Waals surface area (Å²) in [5, 5.41) is 7.91. The van der Waals surface area contributed by atoms with E-state index in [0.717, 1.165) is 43.6 Å². The van der Waals surface area contributed by atoms with Crippen molar-refractivity contribution in [2.45, 2.75) is 0 Å². The van der Waals surface area contributed by atoms with Gasteiger partial charge in [-0.05, 0) is 35.0 Å². The predicted octanol–water partition coefficient (Wildman–Crippen LogP) is 3.15. The largest absolute Gasteiger partial charge is 0.379 e. The molecule has 3 aromatic rings. The van der Waals surface area contributed by atoms with E-state index in [1.807, 2.05) is 36.4 Å². The SMILES string of the molecule is O=C(Nc1ccccc1C(=O)NCCN1CCOCC1)c1ccc2ccccc2c1. The Labute approximate surface area is 175 Å². The quantitative estimate of drug-likeness (QED) is 0.663. The van der Waals surface area contributed by atoms with Gasteiger partial charge in [-0.3, -0.25) is 14.5 Å². The smallest absolute Gasteiger partial charge is 0.255 e. The topological polar surface area (TPSA) is 70.7 Å². The van der Waals surface area contributed by atoms with Crippen LogP contribution in [0.3, 0.4) is 0 Å². The molecule has 6 heteroatoms. The molecule has 2 N–H and O–H groups in total. The Morgan fingerprint density at radius 3 is 2.43 bits per heavy atom. The molecule has 2 amide bonds. The van der Waals surface area contributed by atoms with Crippen molar-refractivity contribution in [3.8, 4) is 0 Å². The van der Waals surface area contributed by atoms with Crippen LogP contribution < -0.4 is 10.6 Å². The van der Waals surface area contributed by atoms with Crippen molar-refractivity contribution in [3.63, 3.8) is 0 Å². The lowest BCUT2D eigenvalue weighted by Crippen LogP contribution is -2.41. The van der Waals surface area contributed by atoms with Crippen LogP contribution in [0.1, 0.15) is 20.7 Å². The minimum Gasteiger partial charge on any atom is -0.379 e. The van der Waals surface area contributed by atoms with Crippen molar-refractivity contribution in [1.29, 1.82) is 0 Å². The third-order valence-corrected chi connectivity index (χ3v) is 5.25. The minimum atomic E-state index is -0.241. The van der Waals surface area contributed by atoms with Gasteiger partial charge in [0, 0.05) is 31.7 Å². The number of benzene rings is 3. The average molecular weight is 403 g/mol. The minimum absolute atomic E-state index is 0.197. The molecular formula is C24H25N3O3. The molecule has 0 atom stereocenters. The van der Waals surface area contributed by atoms with Gasteiger partial charge in [0.2, 0.25) is 0 Å². The second kappa shape index (κ2) is 9.52. The first-order chi connectivity index (χ1) is 14.7. The Hall–Kier alpha value is -3.22. The molecular weight excluding hydrogens is 378 g/mol. The molecule has 1 fully saturated rings. The third kappa shape index (κ3) is 4.84. The van der Waals surface area contributed by atoms with Crippen LogP contribution in [0.5, 0.6) is 0 Å². The average Bonchev–Trinajstić information content (AvgIpc) is 2.79. The van der Waals surface area contributed by atoms with Crippen molar-refractivity contribution in [2.75, 3.05) is 44.7 Å². The summed E-state index contributed by atoms with van der Waals surface area (Å²) in [6.45, 7) is 4.56. The number of rotatable bonds is 6. The van der Waals surface area contributed by atoms with Crippen LogP contribution in [0, 0.1) is 0 Å². The molecule has 0 aromatic heterocycles. The number of nitrogens with zero attached hydrogens (tertiary/aromatic N) is 1. The second-order valence-electron chi connectivity index (χ2n) is 7.27. The Morgan fingerprint density at radius 2 is 1.60 bits per heavy atom. The van der Waals surface area contributed by atoms with E-state index in [-0.39, 0.29) is 11.8 Å². The van der Waals surface area contributed by atoms with Crippen molar-refractivity contribution in [3.05, 3.63) is 77.9 Å². The van der Waals surface area contributed by atoms with E-state index in [4.69, 9.17) is 4.74 Å². The van der Waals surface area contributed by atoms with Crippen molar-refractivity contribution < 1.29 is 14.3 Å². The van der Waals surface area contributed by atoms with Crippen LogP contribution in [0.4, 0.5) is 5.69 Å². The lowest BCUT2D eigenvalue weighted by atomic mass is 10.1. The third-order valence-electron chi connectivity index (χ3n) is 5.25. The molecule has 154 valence electrons. The van der Waals surface area contributed by atoms with Crippen LogP contribution in [-0.2, 0) is 4.74 Å². The Morgan fingerprint density at radius 1 is 0.867 bits per heavy atom. The molecule has 1 heterocycles. The number of hydrogen-bond acceptors (Lipinski definition) is 4. The van der Waals surface area contributed by atoms with Gasteiger partial charge in [0.15, 0.2) is 0 Å². The summed E-state index contributed by atoms with van der Waals surface area (Å²) in [5.41, 5.74) is 1.50. The van der Waals surface area contributed by atoms with E-state index in [1.165, 1.54) is 0 Å². The fourth-order valence-electron chi connectivity index (χ4n) is 3.56. The van der Waals surface area contributed by atoms with Gasteiger partial charge < -0.3 is 15.4 Å². The van der Waals surface area contributed by atoms with E-state index in [9.17, 15) is 9.59 Å². The molecule has 0 saturated carbocycles. The molecule has 30 heavy (non-hydrogen) atoms. The number of carbonyl (C=O) groups excluding carboxylic acids is 2. The van der Waals surface area contributed by atoms with E-state index < -0.39 is 0 Å². The van der Waals surface area contributed by atoms with Gasteiger partial charge in [-0.15, -0.1) is 0 Å². The highest BCUT2D eigenvalue weighted by atomic mass is 16.5. The number of fused-ring (bicyclic) bond motifs is 1. The second-order valence-corrected chi connectivity index (χ2v) is 7.27. The van der Waals surface area contributed by atoms with Gasteiger partial charge in [0.1, 0.15) is 0 Å². The van der Waals surface area contributed by atoms with E-state index >= 15 is 0 Å². The molecule has 0 aliphatic carbocycles. The fourth-order valence-corrected chi connectivity index (χ4v) is 3.56. The van der Waals surface area contributed by atoms with E-state index in [2.05, 4.69) is 15.5 Å². The van der Waals surface area contributed by atoms with E-state index in [0.29, 0.717) is 23.4 Å². The highest BCUT2D eigenvalue weighted by Gasteiger charge is 2.15. The molecule has 6 nitrogen and oxygen atoms in total. The van der Waals surface area contributed by atoms with Crippen molar-refractivity contribution in [2.24, 2.45) is 0 Å². The van der Waals surface area contributed by atoms with Gasteiger partial charge in [-0.25, -0.2) is 0 Å². The summed E-state index contributed by atoms with van der Waals surface area (Å²) < 4.78 is 5.34. The normalized spacial score (nSPS) is 14.4. The number of ether oxygens (including phenoxy) is 1. The molecule has 0 spiro atoms. The first-order valence-corrected chi connectivity index (χ1v) is 10.2. The lowest BCUT2D eigenvalue weighted by molar-refractivity contribution is 0.0383. The highest BCUT2D eigenvalue weighted by molar-refractivity contribution is 6.10. The van der Waals surface area contributed by atoms with Crippen LogP contribution in [0.25, 0.3) is 10.8 Å². The van der Waals surface area contributed by atoms with Crippen LogP contribution in [-0.4, -0.2) is 56.1 Å². The number of hydrogen-bond donors (Lipinski definition) is 2. The molecule has 1 aliphatic rings. The number of carbonyl (C=O) groups is 2. The van der Waals surface area contributed by atoms with Gasteiger partial charge in [0.25, 0.3) is 11.8 Å². The standard InChI is InChI=1S/C24H25N3O3/c28-23(20-10-9-18-5-1-2-6-19(18)17-20)26-22-8-4-3-7-21(22)24(29)25-11-12-27-13-15-30-16-14-27/h1-10,17H,11-16H2,(H,25,29)(H,26,28). The number of para-hydroxylation sites is 1.